The third-order valence-electron chi connectivity index (χ3n) is 2.40. The van der Waals surface area contributed by atoms with Crippen LogP contribution in [-0.4, -0.2) is 21.1 Å². The second-order valence-corrected chi connectivity index (χ2v) is 5.57. The third kappa shape index (κ3) is 5.93. The first-order valence-corrected chi connectivity index (χ1v) is 7.17. The highest BCUT2D eigenvalue weighted by Crippen LogP contribution is 2.23. The van der Waals surface area contributed by atoms with E-state index < -0.39 is 22.6 Å². The molecule has 1 aromatic carbocycles. The Hall–Kier alpha value is -1.28. The second kappa shape index (κ2) is 6.25. The van der Waals surface area contributed by atoms with Crippen LogP contribution in [0.15, 0.2) is 29.2 Å². The van der Waals surface area contributed by atoms with E-state index in [1.165, 1.54) is 18.2 Å². The summed E-state index contributed by atoms with van der Waals surface area (Å²) in [6, 6.07) is 6.00. The Morgan fingerprint density at radius 1 is 1.16 bits per heavy atom. The molecule has 1 rings (SSSR count). The van der Waals surface area contributed by atoms with Crippen molar-refractivity contribution in [1.82, 2.24) is 0 Å². The normalized spacial score (nSPS) is 12.4. The van der Waals surface area contributed by atoms with Crippen molar-refractivity contribution in [1.29, 1.82) is 0 Å². The molecule has 108 valence electrons. The van der Waals surface area contributed by atoms with Crippen molar-refractivity contribution in [3.63, 3.8) is 0 Å². The molecule has 0 spiro atoms. The summed E-state index contributed by atoms with van der Waals surface area (Å²) in [4.78, 5) is -0.0641. The quantitative estimate of drug-likeness (QED) is 0.792. The molecule has 0 atom stereocenters. The van der Waals surface area contributed by atoms with Crippen LogP contribution in [0, 0.1) is 0 Å². The lowest BCUT2D eigenvalue weighted by atomic mass is 10.2. The van der Waals surface area contributed by atoms with E-state index in [9.17, 15) is 21.6 Å². The van der Waals surface area contributed by atoms with Crippen LogP contribution in [-0.2, 0) is 10.0 Å². The van der Waals surface area contributed by atoms with Crippen LogP contribution in [0.5, 0.6) is 0 Å². The van der Waals surface area contributed by atoms with Crippen molar-refractivity contribution in [3.8, 4) is 0 Å². The number of nitrogens with two attached hydrogens (primary N) is 1. The van der Waals surface area contributed by atoms with Gasteiger partial charge in [0, 0.05) is 13.0 Å². The highest BCUT2D eigenvalue weighted by Gasteiger charge is 2.25. The van der Waals surface area contributed by atoms with Gasteiger partial charge in [0.25, 0.3) is 0 Å². The zero-order valence-corrected chi connectivity index (χ0v) is 10.9. The van der Waals surface area contributed by atoms with E-state index in [4.69, 9.17) is 5.14 Å². The molecular formula is C11H15F3N2O2S. The van der Waals surface area contributed by atoms with Crippen molar-refractivity contribution in [2.45, 2.75) is 30.3 Å². The highest BCUT2D eigenvalue weighted by atomic mass is 32.2. The molecular weight excluding hydrogens is 281 g/mol. The molecule has 0 aliphatic carbocycles. The van der Waals surface area contributed by atoms with Crippen LogP contribution in [0.2, 0.25) is 0 Å². The van der Waals surface area contributed by atoms with Crippen LogP contribution in [0.4, 0.5) is 18.9 Å². The summed E-state index contributed by atoms with van der Waals surface area (Å²) >= 11 is 0. The van der Waals surface area contributed by atoms with Crippen molar-refractivity contribution in [3.05, 3.63) is 24.3 Å². The van der Waals surface area contributed by atoms with Crippen LogP contribution in [0.3, 0.4) is 0 Å². The summed E-state index contributed by atoms with van der Waals surface area (Å²) < 4.78 is 58.3. The summed E-state index contributed by atoms with van der Waals surface area (Å²) in [7, 11) is -3.84. The van der Waals surface area contributed by atoms with E-state index in [2.05, 4.69) is 5.32 Å². The number of sulfonamides is 1. The van der Waals surface area contributed by atoms with Crippen molar-refractivity contribution < 1.29 is 21.6 Å². The molecule has 0 aliphatic rings. The monoisotopic (exact) mass is 296 g/mol. The first-order valence-electron chi connectivity index (χ1n) is 5.62. The minimum Gasteiger partial charge on any atom is -0.384 e. The van der Waals surface area contributed by atoms with Crippen molar-refractivity contribution in [2.24, 2.45) is 5.14 Å². The van der Waals surface area contributed by atoms with Gasteiger partial charge in [0.15, 0.2) is 0 Å². The molecule has 0 amide bonds. The standard InChI is InChI=1S/C11H15F3N2O2S/c12-11(13,14)7-3-4-8-16-9-5-1-2-6-10(9)19(15,17)18/h1-2,5-6,16H,3-4,7-8H2,(H2,15,17,18). The average molecular weight is 296 g/mol. The molecule has 0 aromatic heterocycles. The summed E-state index contributed by atoms with van der Waals surface area (Å²) in [5.74, 6) is 0. The Balaban J connectivity index is 2.51. The van der Waals surface area contributed by atoms with Gasteiger partial charge in [-0.2, -0.15) is 13.2 Å². The lowest BCUT2D eigenvalue weighted by molar-refractivity contribution is -0.135. The molecule has 0 heterocycles. The Kier molecular flexibility index (Phi) is 5.19. The molecule has 3 N–H and O–H groups in total. The molecule has 0 fully saturated rings. The molecule has 0 saturated carbocycles. The maximum Gasteiger partial charge on any atom is 0.389 e. The molecule has 8 heteroatoms. The molecule has 19 heavy (non-hydrogen) atoms. The Labute approximate surface area is 109 Å². The third-order valence-corrected chi connectivity index (χ3v) is 3.37. The smallest absolute Gasteiger partial charge is 0.384 e. The number of alkyl halides is 3. The van der Waals surface area contributed by atoms with Crippen molar-refractivity contribution in [2.75, 3.05) is 11.9 Å². The van der Waals surface area contributed by atoms with Gasteiger partial charge in [-0.1, -0.05) is 12.1 Å². The van der Waals surface area contributed by atoms with Gasteiger partial charge in [-0.05, 0) is 25.0 Å². The maximum absolute atomic E-state index is 11.9. The Bertz CT molecular complexity index is 515. The highest BCUT2D eigenvalue weighted by molar-refractivity contribution is 7.89. The van der Waals surface area contributed by atoms with Gasteiger partial charge in [0.05, 0.1) is 5.69 Å². The number of halogens is 3. The Morgan fingerprint density at radius 2 is 1.79 bits per heavy atom. The van der Waals surface area contributed by atoms with Crippen molar-refractivity contribution >= 4 is 15.7 Å². The number of anilines is 1. The molecule has 0 unspecified atom stereocenters. The number of para-hydroxylation sites is 1. The topological polar surface area (TPSA) is 72.2 Å². The van der Waals surface area contributed by atoms with E-state index in [1.807, 2.05) is 0 Å². The van der Waals surface area contributed by atoms with Gasteiger partial charge < -0.3 is 5.32 Å². The molecule has 0 aliphatic heterocycles. The summed E-state index contributed by atoms with van der Waals surface area (Å²) in [6.07, 6.45) is -4.71. The second-order valence-electron chi connectivity index (χ2n) is 4.04. The molecule has 1 aromatic rings. The fourth-order valence-corrected chi connectivity index (χ4v) is 2.25. The van der Waals surface area contributed by atoms with E-state index >= 15 is 0 Å². The van der Waals surface area contributed by atoms with Crippen LogP contribution in [0.1, 0.15) is 19.3 Å². The zero-order valence-electron chi connectivity index (χ0n) is 10.1. The predicted molar refractivity (Wildman–Crippen MR) is 66.2 cm³/mol. The fourth-order valence-electron chi connectivity index (χ4n) is 1.53. The number of primary sulfonamides is 1. The van der Waals surface area contributed by atoms with Crippen LogP contribution in [0.25, 0.3) is 0 Å². The lowest BCUT2D eigenvalue weighted by Gasteiger charge is -2.11. The van der Waals surface area contributed by atoms with Gasteiger partial charge in [0.2, 0.25) is 10.0 Å². The average Bonchev–Trinajstić information content (AvgIpc) is 2.26. The van der Waals surface area contributed by atoms with E-state index in [0.29, 0.717) is 12.1 Å². The largest absolute Gasteiger partial charge is 0.389 e. The number of benzene rings is 1. The van der Waals surface area contributed by atoms with Crippen LogP contribution >= 0.6 is 0 Å². The van der Waals surface area contributed by atoms with E-state index in [0.717, 1.165) is 0 Å². The SMILES string of the molecule is NS(=O)(=O)c1ccccc1NCCCCC(F)(F)F. The van der Waals surface area contributed by atoms with Crippen LogP contribution < -0.4 is 10.5 Å². The van der Waals surface area contributed by atoms with Gasteiger partial charge in [0.1, 0.15) is 4.90 Å². The number of hydrogen-bond acceptors (Lipinski definition) is 3. The molecule has 0 saturated heterocycles. The Morgan fingerprint density at radius 3 is 2.37 bits per heavy atom. The number of nitrogens with one attached hydrogen (secondary N) is 1. The van der Waals surface area contributed by atoms with Gasteiger partial charge >= 0.3 is 6.18 Å². The van der Waals surface area contributed by atoms with Gasteiger partial charge in [-0.15, -0.1) is 0 Å². The lowest BCUT2D eigenvalue weighted by Crippen LogP contribution is -2.15. The summed E-state index contributed by atoms with van der Waals surface area (Å²) in [5.41, 5.74) is 0.303. The van der Waals surface area contributed by atoms with Gasteiger partial charge in [-0.25, -0.2) is 13.6 Å². The molecule has 0 bridgehead atoms. The summed E-state index contributed by atoms with van der Waals surface area (Å²) in [6.45, 7) is 0.253. The molecule has 4 nitrogen and oxygen atoms in total. The minimum atomic E-state index is -4.15. The number of hydrogen-bond donors (Lipinski definition) is 2. The summed E-state index contributed by atoms with van der Waals surface area (Å²) in [5, 5.41) is 7.81. The number of rotatable bonds is 6. The zero-order chi connectivity index (χ0) is 14.5. The van der Waals surface area contributed by atoms with Gasteiger partial charge in [-0.3, -0.25) is 0 Å². The minimum absolute atomic E-state index is 0.00591. The maximum atomic E-state index is 11.9. The molecule has 0 radical (unpaired) electrons. The first-order chi connectivity index (χ1) is 8.70. The fraction of sp³-hybridized carbons (Fsp3) is 0.455. The van der Waals surface area contributed by atoms with E-state index in [-0.39, 0.29) is 17.9 Å². The number of unbranched alkanes of at least 4 members (excludes halogenated alkanes) is 1. The first kappa shape index (κ1) is 15.8. The van der Waals surface area contributed by atoms with E-state index in [1.54, 1.807) is 6.07 Å². The predicted octanol–water partition coefficient (Wildman–Crippen LogP) is 2.48.